The van der Waals surface area contributed by atoms with Gasteiger partial charge >= 0.3 is 15.6 Å². The maximum atomic E-state index is 12.6. The Balaban J connectivity index is 2.16. The molecule has 0 aromatic heterocycles. The summed E-state index contributed by atoms with van der Waals surface area (Å²) in [5, 5.41) is 0.462. The Bertz CT molecular complexity index is 1060. The van der Waals surface area contributed by atoms with Crippen molar-refractivity contribution in [3.8, 4) is 0 Å². The predicted molar refractivity (Wildman–Crippen MR) is 89.0 cm³/mol. The molecule has 144 valence electrons. The number of hydrogen-bond acceptors (Lipinski definition) is 5. The van der Waals surface area contributed by atoms with Crippen LogP contribution in [-0.4, -0.2) is 30.8 Å². The Morgan fingerprint density at radius 2 is 1.70 bits per heavy atom. The number of hydroxylamine groups is 2. The van der Waals surface area contributed by atoms with E-state index in [1.165, 1.54) is 18.2 Å². The lowest BCUT2D eigenvalue weighted by Crippen LogP contribution is -2.44. The van der Waals surface area contributed by atoms with Gasteiger partial charge in [-0.3, -0.25) is 9.59 Å². The normalized spacial score (nSPS) is 15.1. The number of rotatable bonds is 4. The van der Waals surface area contributed by atoms with Gasteiger partial charge in [0.05, 0.1) is 11.1 Å². The van der Waals surface area contributed by atoms with Crippen LogP contribution in [0.5, 0.6) is 0 Å². The minimum absolute atomic E-state index is 0.0873. The van der Waals surface area contributed by atoms with Crippen molar-refractivity contribution in [3.63, 3.8) is 0 Å². The molecule has 2 amide bonds. The van der Waals surface area contributed by atoms with E-state index in [0.29, 0.717) is 11.8 Å². The van der Waals surface area contributed by atoms with E-state index < -0.39 is 27.4 Å². The van der Waals surface area contributed by atoms with Crippen LogP contribution in [0.25, 0.3) is 10.8 Å². The second-order valence-corrected chi connectivity index (χ2v) is 8.04. The van der Waals surface area contributed by atoms with Crippen molar-refractivity contribution >= 4 is 32.7 Å². The second-order valence-electron chi connectivity index (χ2n) is 6.52. The summed E-state index contributed by atoms with van der Waals surface area (Å²) in [6.07, 6.45) is 0.579. The molecule has 0 unspecified atom stereocenters. The molecule has 2 aromatic carbocycles. The van der Waals surface area contributed by atoms with Gasteiger partial charge in [-0.05, 0) is 35.4 Å². The molecule has 1 aliphatic heterocycles. The lowest BCUT2D eigenvalue weighted by molar-refractivity contribution is -0.0761. The van der Waals surface area contributed by atoms with Gasteiger partial charge in [-0.1, -0.05) is 32.0 Å². The number of alkyl halides is 3. The van der Waals surface area contributed by atoms with Crippen molar-refractivity contribution in [1.29, 1.82) is 0 Å². The smallest absolute Gasteiger partial charge is 0.266 e. The van der Waals surface area contributed by atoms with Crippen molar-refractivity contribution in [2.75, 3.05) is 0 Å². The fourth-order valence-electron chi connectivity index (χ4n) is 2.95. The first kappa shape index (κ1) is 19.3. The molecule has 1 aliphatic rings. The number of nitrogens with zero attached hydrogens (tertiary/aromatic N) is 1. The average molecular weight is 401 g/mol. The van der Waals surface area contributed by atoms with Gasteiger partial charge in [0.1, 0.15) is 0 Å². The second kappa shape index (κ2) is 6.31. The molecule has 27 heavy (non-hydrogen) atoms. The van der Waals surface area contributed by atoms with E-state index in [2.05, 4.69) is 4.28 Å². The van der Waals surface area contributed by atoms with E-state index in [0.717, 1.165) is 5.56 Å². The third-order valence-electron chi connectivity index (χ3n) is 3.97. The fourth-order valence-corrected chi connectivity index (χ4v) is 3.36. The summed E-state index contributed by atoms with van der Waals surface area (Å²) in [7, 11) is -6.18. The van der Waals surface area contributed by atoms with E-state index in [1.54, 1.807) is 12.1 Å². The van der Waals surface area contributed by atoms with Crippen LogP contribution in [0, 0.1) is 5.92 Å². The van der Waals surface area contributed by atoms with Crippen molar-refractivity contribution in [3.05, 3.63) is 47.0 Å². The molecule has 0 bridgehead atoms. The summed E-state index contributed by atoms with van der Waals surface area (Å²) >= 11 is 0. The summed E-state index contributed by atoms with van der Waals surface area (Å²) in [6.45, 7) is 3.89. The maximum Gasteiger partial charge on any atom is 0.525 e. The van der Waals surface area contributed by atoms with E-state index in [4.69, 9.17) is 0 Å². The van der Waals surface area contributed by atoms with Crippen LogP contribution in [0.2, 0.25) is 0 Å². The molecule has 0 saturated carbocycles. The number of amides is 2. The van der Waals surface area contributed by atoms with E-state index in [9.17, 15) is 31.2 Å². The maximum absolute atomic E-state index is 12.6. The molecular weight excluding hydrogens is 387 g/mol. The van der Waals surface area contributed by atoms with E-state index >= 15 is 0 Å². The Morgan fingerprint density at radius 3 is 2.30 bits per heavy atom. The van der Waals surface area contributed by atoms with Crippen LogP contribution in [0.4, 0.5) is 13.2 Å². The summed E-state index contributed by atoms with van der Waals surface area (Å²) in [5.74, 6) is -2.30. The Hall–Kier alpha value is -2.46. The Labute approximate surface area is 152 Å². The minimum atomic E-state index is -6.18. The van der Waals surface area contributed by atoms with Gasteiger partial charge in [-0.25, -0.2) is 0 Å². The van der Waals surface area contributed by atoms with Crippen LogP contribution in [0.3, 0.4) is 0 Å². The van der Waals surface area contributed by atoms with Crippen LogP contribution in [0.1, 0.15) is 40.1 Å². The zero-order chi connectivity index (χ0) is 20.1. The topological polar surface area (TPSA) is 80.8 Å². The molecule has 6 nitrogen and oxygen atoms in total. The molecule has 0 aliphatic carbocycles. The fraction of sp³-hybridized carbons (Fsp3) is 0.294. The number of carbonyl (C=O) groups excluding carboxylic acids is 2. The predicted octanol–water partition coefficient (Wildman–Crippen LogP) is 3.42. The van der Waals surface area contributed by atoms with Crippen molar-refractivity contribution in [2.24, 2.45) is 5.92 Å². The number of hydrogen-bond donors (Lipinski definition) is 0. The number of carbonyl (C=O) groups is 2. The number of halogens is 3. The number of imide groups is 1. The van der Waals surface area contributed by atoms with Crippen molar-refractivity contribution in [2.45, 2.75) is 25.8 Å². The van der Waals surface area contributed by atoms with Crippen molar-refractivity contribution < 1.29 is 35.5 Å². The Kier molecular flexibility index (Phi) is 4.51. The summed E-state index contributed by atoms with van der Waals surface area (Å²) in [6, 6.07) is 7.67. The standard InChI is InChI=1S/C17H14F3NO5S/c1-9(2)6-10-7-11-4-3-5-12-14(11)13(8-10)16(23)21(15(12)22)26-27(24,25)17(18,19)20/h3-5,7-9H,6H2,1-2H3. The van der Waals surface area contributed by atoms with Gasteiger partial charge in [0.2, 0.25) is 0 Å². The molecule has 1 heterocycles. The minimum Gasteiger partial charge on any atom is -0.266 e. The summed E-state index contributed by atoms with van der Waals surface area (Å²) in [5.41, 5.74) is -5.25. The largest absolute Gasteiger partial charge is 0.525 e. The highest BCUT2D eigenvalue weighted by molar-refractivity contribution is 7.87. The summed E-state index contributed by atoms with van der Waals surface area (Å²) < 4.78 is 64.3. The quantitative estimate of drug-likeness (QED) is 0.579. The third-order valence-corrected chi connectivity index (χ3v) is 4.88. The van der Waals surface area contributed by atoms with Gasteiger partial charge in [0.15, 0.2) is 0 Å². The van der Waals surface area contributed by atoms with Crippen LogP contribution in [0.15, 0.2) is 30.3 Å². The number of benzene rings is 2. The summed E-state index contributed by atoms with van der Waals surface area (Å²) in [4.78, 5) is 25.0. The molecule has 0 spiro atoms. The third kappa shape index (κ3) is 3.30. The highest BCUT2D eigenvalue weighted by Crippen LogP contribution is 2.34. The molecule has 2 aromatic rings. The van der Waals surface area contributed by atoms with Crippen molar-refractivity contribution in [1.82, 2.24) is 5.06 Å². The van der Waals surface area contributed by atoms with Gasteiger partial charge in [0, 0.05) is 5.39 Å². The van der Waals surface area contributed by atoms with Gasteiger partial charge < -0.3 is 0 Å². The van der Waals surface area contributed by atoms with Gasteiger partial charge in [-0.15, -0.1) is 9.35 Å². The first-order chi connectivity index (χ1) is 12.4. The SMILES string of the molecule is CC(C)Cc1cc2c3c(cccc3c1)C(=O)N(OS(=O)(=O)C(F)(F)F)C2=O. The lowest BCUT2D eigenvalue weighted by atomic mass is 9.91. The van der Waals surface area contributed by atoms with Crippen LogP contribution < -0.4 is 0 Å². The molecular formula is C17H14F3NO5S. The molecule has 10 heteroatoms. The zero-order valence-corrected chi connectivity index (χ0v) is 15.0. The zero-order valence-electron chi connectivity index (χ0n) is 14.2. The molecule has 0 fully saturated rings. The molecule has 0 N–H and O–H groups in total. The highest BCUT2D eigenvalue weighted by atomic mass is 32.2. The first-order valence-corrected chi connectivity index (χ1v) is 9.28. The van der Waals surface area contributed by atoms with Crippen LogP contribution >= 0.6 is 0 Å². The van der Waals surface area contributed by atoms with Gasteiger partial charge in [0.25, 0.3) is 11.8 Å². The van der Waals surface area contributed by atoms with Crippen LogP contribution in [-0.2, 0) is 20.8 Å². The molecule has 0 radical (unpaired) electrons. The lowest BCUT2D eigenvalue weighted by Gasteiger charge is -2.26. The monoisotopic (exact) mass is 401 g/mol. The highest BCUT2D eigenvalue weighted by Gasteiger charge is 2.51. The van der Waals surface area contributed by atoms with E-state index in [-0.39, 0.29) is 27.5 Å². The first-order valence-electron chi connectivity index (χ1n) is 7.87. The average Bonchev–Trinajstić information content (AvgIpc) is 2.54. The molecule has 0 saturated heterocycles. The molecule has 3 rings (SSSR count). The van der Waals surface area contributed by atoms with E-state index in [1.807, 2.05) is 13.8 Å². The molecule has 0 atom stereocenters. The van der Waals surface area contributed by atoms with Gasteiger partial charge in [-0.2, -0.15) is 21.6 Å². The Morgan fingerprint density at radius 1 is 1.07 bits per heavy atom.